The standard InChI is InChI=1S/C18H17N2O2/c1-22-17-9-5-6-15(12-17)18(21)13-19-10-11-20(14-19)16-7-3-2-4-8-16/h2-12,14H,13H2,1H3/q+1. The summed E-state index contributed by atoms with van der Waals surface area (Å²) in [7, 11) is 1.60. The van der Waals surface area contributed by atoms with Crippen LogP contribution in [0.4, 0.5) is 0 Å². The second kappa shape index (κ2) is 6.26. The van der Waals surface area contributed by atoms with E-state index in [4.69, 9.17) is 4.74 Å². The number of Topliss-reactive ketones (excluding diaryl/α,β-unsaturated/α-hetero) is 1. The highest BCUT2D eigenvalue weighted by molar-refractivity contribution is 5.96. The van der Waals surface area contributed by atoms with Crippen molar-refractivity contribution in [1.29, 1.82) is 0 Å². The normalized spacial score (nSPS) is 10.4. The number of hydrogen-bond acceptors (Lipinski definition) is 2. The summed E-state index contributed by atoms with van der Waals surface area (Å²) in [4.78, 5) is 12.3. The lowest BCUT2D eigenvalue weighted by Gasteiger charge is -2.02. The van der Waals surface area contributed by atoms with Gasteiger partial charge in [0, 0.05) is 5.56 Å². The molecular formula is C18H17N2O2+. The van der Waals surface area contributed by atoms with Gasteiger partial charge in [0.1, 0.15) is 23.8 Å². The Kier molecular flexibility index (Phi) is 4.01. The van der Waals surface area contributed by atoms with Crippen LogP contribution in [0.5, 0.6) is 5.75 Å². The third-order valence-electron chi connectivity index (χ3n) is 3.46. The molecule has 0 bridgehead atoms. The van der Waals surface area contributed by atoms with Crippen LogP contribution in [0.15, 0.2) is 73.3 Å². The number of imidazole rings is 1. The van der Waals surface area contributed by atoms with Gasteiger partial charge in [-0.2, -0.15) is 0 Å². The first-order valence-corrected chi connectivity index (χ1v) is 7.06. The summed E-state index contributed by atoms with van der Waals surface area (Å²) in [5, 5.41) is 0. The van der Waals surface area contributed by atoms with E-state index in [1.165, 1.54) is 0 Å². The Bertz CT molecular complexity index is 779. The van der Waals surface area contributed by atoms with Gasteiger partial charge in [-0.05, 0) is 24.3 Å². The Labute approximate surface area is 129 Å². The Morgan fingerprint density at radius 3 is 2.73 bits per heavy atom. The fourth-order valence-corrected chi connectivity index (χ4v) is 2.29. The summed E-state index contributed by atoms with van der Waals surface area (Å²) in [6, 6.07) is 17.2. The molecule has 0 radical (unpaired) electrons. The highest BCUT2D eigenvalue weighted by atomic mass is 16.5. The van der Waals surface area contributed by atoms with Crippen molar-refractivity contribution in [3.63, 3.8) is 0 Å². The average Bonchev–Trinajstić information content (AvgIpc) is 3.04. The molecule has 3 aromatic rings. The molecule has 0 aliphatic carbocycles. The van der Waals surface area contributed by atoms with Crippen molar-refractivity contribution in [2.75, 3.05) is 7.11 Å². The van der Waals surface area contributed by atoms with Crippen molar-refractivity contribution in [3.05, 3.63) is 78.9 Å². The SMILES string of the molecule is COc1cccc(C(=O)Cn2cc[n+](-c3ccccc3)c2)c1. The molecular weight excluding hydrogens is 276 g/mol. The summed E-state index contributed by atoms with van der Waals surface area (Å²) < 4.78 is 9.01. The molecule has 0 saturated heterocycles. The van der Waals surface area contributed by atoms with Crippen LogP contribution >= 0.6 is 0 Å². The fourth-order valence-electron chi connectivity index (χ4n) is 2.29. The molecule has 1 heterocycles. The van der Waals surface area contributed by atoms with Gasteiger partial charge in [-0.15, -0.1) is 0 Å². The number of hydrogen-bond donors (Lipinski definition) is 0. The largest absolute Gasteiger partial charge is 0.497 e. The van der Waals surface area contributed by atoms with E-state index in [9.17, 15) is 4.79 Å². The third-order valence-corrected chi connectivity index (χ3v) is 3.46. The van der Waals surface area contributed by atoms with E-state index in [0.29, 0.717) is 17.9 Å². The second-order valence-corrected chi connectivity index (χ2v) is 4.98. The Morgan fingerprint density at radius 2 is 1.95 bits per heavy atom. The number of ether oxygens (including phenoxy) is 1. The number of nitrogens with zero attached hydrogens (tertiary/aromatic N) is 2. The molecule has 0 spiro atoms. The quantitative estimate of drug-likeness (QED) is 0.535. The molecule has 4 nitrogen and oxygen atoms in total. The Morgan fingerprint density at radius 1 is 1.14 bits per heavy atom. The number of methoxy groups -OCH3 is 1. The zero-order valence-corrected chi connectivity index (χ0v) is 12.3. The fraction of sp³-hybridized carbons (Fsp3) is 0.111. The maximum absolute atomic E-state index is 12.3. The van der Waals surface area contributed by atoms with Gasteiger partial charge in [-0.1, -0.05) is 30.3 Å². The molecule has 2 aromatic carbocycles. The highest BCUT2D eigenvalue weighted by Gasteiger charge is 2.13. The van der Waals surface area contributed by atoms with Gasteiger partial charge in [0.25, 0.3) is 0 Å². The first-order valence-electron chi connectivity index (χ1n) is 7.06. The zero-order valence-electron chi connectivity index (χ0n) is 12.3. The summed E-state index contributed by atoms with van der Waals surface area (Å²) in [5.74, 6) is 0.743. The number of carbonyl (C=O) groups is 1. The lowest BCUT2D eigenvalue weighted by atomic mass is 10.1. The maximum atomic E-state index is 12.3. The molecule has 4 heteroatoms. The number of carbonyl (C=O) groups excluding carboxylic acids is 1. The minimum Gasteiger partial charge on any atom is -0.497 e. The predicted molar refractivity (Wildman–Crippen MR) is 83.3 cm³/mol. The van der Waals surface area contributed by atoms with Crippen molar-refractivity contribution < 1.29 is 14.1 Å². The minimum absolute atomic E-state index is 0.0507. The number of aromatic nitrogens is 2. The third kappa shape index (κ3) is 3.06. The van der Waals surface area contributed by atoms with Crippen molar-refractivity contribution in [2.45, 2.75) is 6.54 Å². The minimum atomic E-state index is 0.0507. The lowest BCUT2D eigenvalue weighted by molar-refractivity contribution is -0.595. The van der Waals surface area contributed by atoms with Crippen LogP contribution in [-0.2, 0) is 6.54 Å². The summed E-state index contributed by atoms with van der Waals surface area (Å²) in [6.07, 6.45) is 5.74. The molecule has 3 rings (SSSR count). The van der Waals surface area contributed by atoms with E-state index >= 15 is 0 Å². The van der Waals surface area contributed by atoms with Crippen LogP contribution in [0.3, 0.4) is 0 Å². The van der Waals surface area contributed by atoms with Gasteiger partial charge >= 0.3 is 0 Å². The lowest BCUT2D eigenvalue weighted by Crippen LogP contribution is -2.27. The summed E-state index contributed by atoms with van der Waals surface area (Å²) in [6.45, 7) is 0.299. The van der Waals surface area contributed by atoms with Crippen LogP contribution in [0, 0.1) is 0 Å². The van der Waals surface area contributed by atoms with Gasteiger partial charge in [0.15, 0.2) is 6.54 Å². The molecule has 0 N–H and O–H groups in total. The average molecular weight is 293 g/mol. The molecule has 0 unspecified atom stereocenters. The molecule has 1 aromatic heterocycles. The van der Waals surface area contributed by atoms with E-state index in [0.717, 1.165) is 5.69 Å². The van der Waals surface area contributed by atoms with E-state index in [1.54, 1.807) is 19.2 Å². The van der Waals surface area contributed by atoms with Crippen LogP contribution < -0.4 is 9.30 Å². The molecule has 0 amide bonds. The number of rotatable bonds is 5. The van der Waals surface area contributed by atoms with E-state index in [2.05, 4.69) is 0 Å². The number of benzene rings is 2. The molecule has 0 saturated carbocycles. The topological polar surface area (TPSA) is 35.1 Å². The first kappa shape index (κ1) is 14.1. The van der Waals surface area contributed by atoms with Crippen LogP contribution in [-0.4, -0.2) is 17.5 Å². The second-order valence-electron chi connectivity index (χ2n) is 4.98. The van der Waals surface area contributed by atoms with Crippen LogP contribution in [0.2, 0.25) is 0 Å². The van der Waals surface area contributed by atoms with Crippen molar-refractivity contribution in [1.82, 2.24) is 4.57 Å². The monoisotopic (exact) mass is 293 g/mol. The van der Waals surface area contributed by atoms with Crippen molar-refractivity contribution in [3.8, 4) is 11.4 Å². The molecule has 0 atom stereocenters. The van der Waals surface area contributed by atoms with E-state index in [-0.39, 0.29) is 5.78 Å². The molecule has 0 fully saturated rings. The first-order chi connectivity index (χ1) is 10.8. The van der Waals surface area contributed by atoms with Gasteiger partial charge < -0.3 is 4.74 Å². The highest BCUT2D eigenvalue weighted by Crippen LogP contribution is 2.13. The predicted octanol–water partition coefficient (Wildman–Crippen LogP) is 2.66. The van der Waals surface area contributed by atoms with Crippen molar-refractivity contribution in [2.24, 2.45) is 0 Å². The smallest absolute Gasteiger partial charge is 0.249 e. The molecule has 110 valence electrons. The van der Waals surface area contributed by atoms with Crippen LogP contribution in [0.25, 0.3) is 5.69 Å². The maximum Gasteiger partial charge on any atom is 0.249 e. The number of ketones is 1. The van der Waals surface area contributed by atoms with Gasteiger partial charge in [0.05, 0.1) is 7.11 Å². The summed E-state index contributed by atoms with van der Waals surface area (Å²) in [5.41, 5.74) is 1.72. The van der Waals surface area contributed by atoms with Crippen LogP contribution in [0.1, 0.15) is 10.4 Å². The Hall–Kier alpha value is -2.88. The van der Waals surface area contributed by atoms with Gasteiger partial charge in [-0.25, -0.2) is 9.13 Å². The molecule has 22 heavy (non-hydrogen) atoms. The number of para-hydroxylation sites is 1. The zero-order chi connectivity index (χ0) is 15.4. The van der Waals surface area contributed by atoms with E-state index in [1.807, 2.05) is 70.3 Å². The van der Waals surface area contributed by atoms with Crippen molar-refractivity contribution >= 4 is 5.78 Å². The Balaban J connectivity index is 1.76. The van der Waals surface area contributed by atoms with E-state index < -0.39 is 0 Å². The summed E-state index contributed by atoms with van der Waals surface area (Å²) >= 11 is 0. The molecule has 0 aliphatic heterocycles. The van der Waals surface area contributed by atoms with Gasteiger partial charge in [-0.3, -0.25) is 4.79 Å². The molecule has 0 aliphatic rings. The van der Waals surface area contributed by atoms with Gasteiger partial charge in [0.2, 0.25) is 12.1 Å².